The first-order chi connectivity index (χ1) is 24.4. The van der Waals surface area contributed by atoms with Crippen molar-refractivity contribution in [2.75, 3.05) is 79.3 Å². The molecule has 0 saturated carbocycles. The number of β-amino-alcohol motifs (C(OH)–C–C–N with tert-alkyl or cyclic N) is 1. The summed E-state index contributed by atoms with van der Waals surface area (Å²) in [7, 11) is 1.97. The highest BCUT2D eigenvalue weighted by atomic mass is 32.1. The lowest BCUT2D eigenvalue weighted by atomic mass is 9.85. The highest BCUT2D eigenvalue weighted by Gasteiger charge is 2.44. The van der Waals surface area contributed by atoms with Crippen molar-refractivity contribution in [3.8, 4) is 10.4 Å². The summed E-state index contributed by atoms with van der Waals surface area (Å²) in [5, 5.41) is 22.9. The fourth-order valence-electron chi connectivity index (χ4n) is 5.87. The van der Waals surface area contributed by atoms with Gasteiger partial charge >= 0.3 is 0 Å². The van der Waals surface area contributed by atoms with Crippen molar-refractivity contribution >= 4 is 29.1 Å². The highest BCUT2D eigenvalue weighted by Crippen LogP contribution is 2.28. The molecule has 0 spiro atoms. The Morgan fingerprint density at radius 2 is 1.76 bits per heavy atom. The molecule has 1 aliphatic heterocycles. The van der Waals surface area contributed by atoms with Gasteiger partial charge in [0, 0.05) is 65.5 Å². The lowest BCUT2D eigenvalue weighted by Crippen LogP contribution is -2.58. The van der Waals surface area contributed by atoms with Crippen LogP contribution in [0.25, 0.3) is 10.4 Å². The highest BCUT2D eigenvalue weighted by molar-refractivity contribution is 7.13. The van der Waals surface area contributed by atoms with E-state index in [1.54, 1.807) is 11.3 Å². The summed E-state index contributed by atoms with van der Waals surface area (Å²) in [6, 6.07) is 6.15. The molecular formula is C37H61N7O6S. The van der Waals surface area contributed by atoms with E-state index in [1.807, 2.05) is 64.5 Å². The van der Waals surface area contributed by atoms with Gasteiger partial charge in [-0.1, -0.05) is 52.0 Å². The van der Waals surface area contributed by atoms with Crippen molar-refractivity contribution in [1.29, 1.82) is 0 Å². The Balaban J connectivity index is 1.36. The Hall–Kier alpha value is -2.98. The molecule has 14 heteroatoms. The molecule has 0 radical (unpaired) electrons. The van der Waals surface area contributed by atoms with E-state index >= 15 is 0 Å². The van der Waals surface area contributed by atoms with Gasteiger partial charge in [-0.25, -0.2) is 4.98 Å². The third kappa shape index (κ3) is 14.5. The molecule has 1 unspecified atom stereocenters. The molecule has 1 aromatic carbocycles. The number of ether oxygens (including phenoxy) is 2. The second kappa shape index (κ2) is 22.2. The first-order valence-corrected chi connectivity index (χ1v) is 19.1. The van der Waals surface area contributed by atoms with E-state index in [-0.39, 0.29) is 32.0 Å². The van der Waals surface area contributed by atoms with E-state index in [1.165, 1.54) is 4.90 Å². The molecule has 1 aromatic heterocycles. The summed E-state index contributed by atoms with van der Waals surface area (Å²) in [5.41, 5.74) is 4.12. The van der Waals surface area contributed by atoms with Crippen LogP contribution < -0.4 is 21.3 Å². The van der Waals surface area contributed by atoms with Crippen LogP contribution in [-0.2, 0) is 30.4 Å². The van der Waals surface area contributed by atoms with Crippen LogP contribution in [0.5, 0.6) is 0 Å². The van der Waals surface area contributed by atoms with Crippen LogP contribution in [0.3, 0.4) is 0 Å². The lowest BCUT2D eigenvalue weighted by Gasteiger charge is -2.35. The van der Waals surface area contributed by atoms with Crippen molar-refractivity contribution in [3.05, 3.63) is 41.0 Å². The monoisotopic (exact) mass is 731 g/mol. The Labute approximate surface area is 308 Å². The number of aliphatic hydroxyl groups is 1. The summed E-state index contributed by atoms with van der Waals surface area (Å²) in [5.74, 6) is -1.17. The standard InChI is InChI=1S/C37H61N7O6S/c1-7-43(17-15-38-6)18-16-39-14-8-19-49-20-9-21-50-25-32(46)42-34(37(3,4)5)36(48)44-24-30(45)22-31(44)35(47)40-23-28-10-12-29(13-11-28)33-27(2)41-26-51-33/h10-13,26,30-31,34,38-39,45H,7-9,14-25H2,1-6H3,(H,40,47)(H,42,46)/t30-,31+,34?/m1/s1. The Morgan fingerprint density at radius 3 is 2.43 bits per heavy atom. The second-order valence-electron chi connectivity index (χ2n) is 14.1. The number of hydrogen-bond acceptors (Lipinski definition) is 11. The van der Waals surface area contributed by atoms with E-state index in [2.05, 4.69) is 38.1 Å². The molecule has 1 saturated heterocycles. The number of thiazole rings is 1. The predicted molar refractivity (Wildman–Crippen MR) is 201 cm³/mol. The topological polar surface area (TPSA) is 157 Å². The van der Waals surface area contributed by atoms with E-state index in [9.17, 15) is 19.5 Å². The maximum Gasteiger partial charge on any atom is 0.246 e. The van der Waals surface area contributed by atoms with Gasteiger partial charge in [0.05, 0.1) is 22.2 Å². The van der Waals surface area contributed by atoms with Gasteiger partial charge in [0.1, 0.15) is 18.7 Å². The second-order valence-corrected chi connectivity index (χ2v) is 15.0. The molecule has 0 bridgehead atoms. The third-order valence-electron chi connectivity index (χ3n) is 8.89. The van der Waals surface area contributed by atoms with Crippen LogP contribution in [0.4, 0.5) is 0 Å². The minimum absolute atomic E-state index is 0.0171. The molecular weight excluding hydrogens is 671 g/mol. The summed E-state index contributed by atoms with van der Waals surface area (Å²) >= 11 is 1.58. The number of nitrogens with one attached hydrogen (secondary N) is 4. The average Bonchev–Trinajstić information content (AvgIpc) is 3.72. The van der Waals surface area contributed by atoms with Crippen LogP contribution in [0, 0.1) is 12.3 Å². The fraction of sp³-hybridized carbons (Fsp3) is 0.676. The molecule has 286 valence electrons. The molecule has 3 rings (SSSR count). The molecule has 2 heterocycles. The molecule has 3 atom stereocenters. The molecule has 0 aliphatic carbocycles. The quantitative estimate of drug-likeness (QED) is 0.107. The predicted octanol–water partition coefficient (Wildman–Crippen LogP) is 2.17. The smallest absolute Gasteiger partial charge is 0.246 e. The SMILES string of the molecule is CCN(CCNC)CCNCCCOCCCOCC(=O)NC(C(=O)N1C[C@H](O)C[C@H]1C(=O)NCc1ccc(-c2scnc2C)cc1)C(C)(C)C. The van der Waals surface area contributed by atoms with Crippen LogP contribution in [0.1, 0.15) is 58.2 Å². The zero-order chi connectivity index (χ0) is 37.2. The van der Waals surface area contributed by atoms with Gasteiger partial charge in [-0.05, 0) is 56.4 Å². The number of carbonyl (C=O) groups excluding carboxylic acids is 3. The number of aromatic nitrogens is 1. The minimum atomic E-state index is -0.910. The number of likely N-dealkylation sites (N-methyl/N-ethyl adjacent to an activating group) is 2. The maximum absolute atomic E-state index is 13.8. The van der Waals surface area contributed by atoms with Gasteiger partial charge in [-0.15, -0.1) is 11.3 Å². The number of amides is 3. The number of hydrogen-bond donors (Lipinski definition) is 5. The van der Waals surface area contributed by atoms with Crippen molar-refractivity contribution in [2.45, 2.75) is 78.6 Å². The third-order valence-corrected chi connectivity index (χ3v) is 9.87. The zero-order valence-corrected chi connectivity index (χ0v) is 32.3. The first-order valence-electron chi connectivity index (χ1n) is 18.2. The van der Waals surface area contributed by atoms with Crippen molar-refractivity contribution in [3.63, 3.8) is 0 Å². The Morgan fingerprint density at radius 1 is 1.06 bits per heavy atom. The van der Waals surface area contributed by atoms with Crippen LogP contribution >= 0.6 is 11.3 Å². The number of aryl methyl sites for hydroxylation is 1. The summed E-state index contributed by atoms with van der Waals surface area (Å²) in [6.07, 6.45) is 0.863. The van der Waals surface area contributed by atoms with Gasteiger partial charge in [0.25, 0.3) is 0 Å². The number of aliphatic hydroxyl groups excluding tert-OH is 1. The van der Waals surface area contributed by atoms with Gasteiger partial charge < -0.3 is 45.6 Å². The molecule has 1 fully saturated rings. The van der Waals surface area contributed by atoms with Crippen molar-refractivity contribution in [1.82, 2.24) is 36.1 Å². The normalized spacial score (nSPS) is 16.8. The lowest BCUT2D eigenvalue weighted by molar-refractivity contribution is -0.144. The number of carbonyl (C=O) groups is 3. The van der Waals surface area contributed by atoms with Gasteiger partial charge in [-0.3, -0.25) is 14.4 Å². The molecule has 2 aromatic rings. The fourth-order valence-corrected chi connectivity index (χ4v) is 6.68. The van der Waals surface area contributed by atoms with Crippen molar-refractivity contribution in [2.24, 2.45) is 5.41 Å². The summed E-state index contributed by atoms with van der Waals surface area (Å²) in [4.78, 5) is 49.2. The maximum atomic E-state index is 13.8. The van der Waals surface area contributed by atoms with Crippen LogP contribution in [0.15, 0.2) is 29.8 Å². The number of nitrogens with zero attached hydrogens (tertiary/aromatic N) is 3. The summed E-state index contributed by atoms with van der Waals surface area (Å²) < 4.78 is 11.3. The largest absolute Gasteiger partial charge is 0.391 e. The van der Waals surface area contributed by atoms with Crippen molar-refractivity contribution < 1.29 is 29.0 Å². The van der Waals surface area contributed by atoms with E-state index in [0.717, 1.165) is 67.4 Å². The number of benzene rings is 1. The molecule has 51 heavy (non-hydrogen) atoms. The van der Waals surface area contributed by atoms with Crippen LogP contribution in [-0.4, -0.2) is 135 Å². The van der Waals surface area contributed by atoms with E-state index < -0.39 is 35.4 Å². The van der Waals surface area contributed by atoms with E-state index in [0.29, 0.717) is 26.2 Å². The average molecular weight is 732 g/mol. The zero-order valence-electron chi connectivity index (χ0n) is 31.5. The first kappa shape index (κ1) is 42.4. The molecule has 13 nitrogen and oxygen atoms in total. The summed E-state index contributed by atoms with van der Waals surface area (Å²) in [6.45, 7) is 17.3. The molecule has 1 aliphatic rings. The Bertz CT molecular complexity index is 1340. The van der Waals surface area contributed by atoms with Crippen LogP contribution in [0.2, 0.25) is 0 Å². The van der Waals surface area contributed by atoms with E-state index in [4.69, 9.17) is 9.47 Å². The van der Waals surface area contributed by atoms with Gasteiger partial charge in [0.2, 0.25) is 17.7 Å². The number of likely N-dealkylation sites (tertiary alicyclic amines) is 1. The minimum Gasteiger partial charge on any atom is -0.391 e. The van der Waals surface area contributed by atoms with Gasteiger partial charge in [-0.2, -0.15) is 0 Å². The molecule has 5 N–H and O–H groups in total. The van der Waals surface area contributed by atoms with Gasteiger partial charge in [0.15, 0.2) is 0 Å². The Kier molecular flexibility index (Phi) is 18.4. The number of rotatable bonds is 23. The molecule has 3 amide bonds.